The van der Waals surface area contributed by atoms with Crippen LogP contribution in [0.25, 0.3) is 0 Å². The van der Waals surface area contributed by atoms with Crippen molar-refractivity contribution in [3.05, 3.63) is 24.3 Å². The number of aliphatic carboxylic acids is 2. The van der Waals surface area contributed by atoms with Crippen LogP contribution in [0.1, 0.15) is 13.8 Å². The van der Waals surface area contributed by atoms with Gasteiger partial charge < -0.3 is 16.8 Å². The maximum absolute atomic E-state index is 9.55. The Morgan fingerprint density at radius 1 is 1.08 bits per heavy atom. The molecule has 0 unspecified atom stereocenters. The van der Waals surface area contributed by atoms with E-state index in [1.165, 1.54) is 0 Å². The molecular weight excluding hydrogens is 183 g/mol. The van der Waals surface area contributed by atoms with E-state index in [4.69, 9.17) is 16.8 Å². The molecule has 2 N–H and O–H groups in total. The van der Waals surface area contributed by atoms with Crippen molar-refractivity contribution in [2.45, 2.75) is 13.8 Å². The van der Waals surface area contributed by atoms with E-state index in [1.54, 1.807) is 0 Å². The second-order valence-corrected chi connectivity index (χ2v) is 2.09. The topological polar surface area (TPSA) is 74.6 Å². The molecule has 0 bridgehead atoms. The first-order valence-electron chi connectivity index (χ1n) is 3.05. The number of hydrogen-bond acceptors (Lipinski definition) is 2. The molecule has 0 amide bonds. The molecule has 0 radical (unpaired) electrons. The first-order valence-corrected chi connectivity index (χ1v) is 3.05. The third-order valence-electron chi connectivity index (χ3n) is 0.368. The third-order valence-corrected chi connectivity index (χ3v) is 0.368. The van der Waals surface area contributed by atoms with Gasteiger partial charge in [-0.25, -0.2) is 9.59 Å². The summed E-state index contributed by atoms with van der Waals surface area (Å²) < 4.78 is 0. The molecule has 0 fully saturated rings. The van der Waals surface area contributed by atoms with E-state index in [0.29, 0.717) is 12.2 Å². The summed E-state index contributed by atoms with van der Waals surface area (Å²) in [5.74, 6) is -2.51. The summed E-state index contributed by atoms with van der Waals surface area (Å²) in [6, 6.07) is 0. The predicted octanol–water partition coefficient (Wildman–Crippen LogP) is -1.90. The zero-order valence-corrected chi connectivity index (χ0v) is 9.94. The molecule has 0 saturated carbocycles. The standard InChI is InChI=1S/C4H4O4.C4H7.Na/c5-3(6)1-2-4(7)8;1-4(2)3;/h1-2H,(H,5,6)(H,7,8);1H,2-3H3;/q;-1;+1/b2-1-;;. The normalized spacial score (nSPS) is 7.85. The van der Waals surface area contributed by atoms with Gasteiger partial charge in [-0.1, -0.05) is 13.8 Å². The molecule has 0 saturated heterocycles. The van der Waals surface area contributed by atoms with Crippen LogP contribution in [0.15, 0.2) is 17.7 Å². The average Bonchev–Trinajstić information content (AvgIpc) is 1.82. The molecule has 0 aromatic rings. The SMILES string of the molecule is O=C(O)/C=C\C(=O)O.[CH-]=C(C)C.[Na+]. The summed E-state index contributed by atoms with van der Waals surface area (Å²) in [7, 11) is 0. The van der Waals surface area contributed by atoms with Crippen molar-refractivity contribution < 1.29 is 49.4 Å². The maximum Gasteiger partial charge on any atom is 1.00 e. The molecule has 0 spiro atoms. The van der Waals surface area contributed by atoms with Gasteiger partial charge in [0.25, 0.3) is 0 Å². The summed E-state index contributed by atoms with van der Waals surface area (Å²) in [5.41, 5.74) is 0.917. The molecule has 0 aliphatic carbocycles. The Morgan fingerprint density at radius 3 is 1.31 bits per heavy atom. The summed E-state index contributed by atoms with van der Waals surface area (Å²) in [4.78, 5) is 19.1. The van der Waals surface area contributed by atoms with Gasteiger partial charge in [0.15, 0.2) is 0 Å². The largest absolute Gasteiger partial charge is 1.00 e. The van der Waals surface area contributed by atoms with Crippen LogP contribution in [0.2, 0.25) is 0 Å². The molecule has 0 aromatic heterocycles. The van der Waals surface area contributed by atoms with E-state index in [0.717, 1.165) is 5.57 Å². The fraction of sp³-hybridized carbons (Fsp3) is 0.250. The van der Waals surface area contributed by atoms with Gasteiger partial charge in [0.2, 0.25) is 0 Å². The van der Waals surface area contributed by atoms with E-state index in [1.807, 2.05) is 13.8 Å². The first-order chi connectivity index (χ1) is 5.36. The molecule has 0 aromatic carbocycles. The third kappa shape index (κ3) is 51.9. The molecular formula is C8H11NaO4. The zero-order valence-electron chi connectivity index (χ0n) is 7.94. The fourth-order valence-corrected chi connectivity index (χ4v) is 0.143. The minimum absolute atomic E-state index is 0. The Morgan fingerprint density at radius 2 is 1.23 bits per heavy atom. The van der Waals surface area contributed by atoms with Gasteiger partial charge in [0, 0.05) is 12.2 Å². The van der Waals surface area contributed by atoms with Crippen LogP contribution in [0, 0.1) is 6.58 Å². The van der Waals surface area contributed by atoms with Gasteiger partial charge in [-0.2, -0.15) is 0 Å². The van der Waals surface area contributed by atoms with Gasteiger partial charge in [-0.3, -0.25) is 5.57 Å². The Labute approximate surface area is 99.2 Å². The molecule has 4 nitrogen and oxygen atoms in total. The van der Waals surface area contributed by atoms with Crippen molar-refractivity contribution in [2.24, 2.45) is 0 Å². The van der Waals surface area contributed by atoms with Gasteiger partial charge in [0.05, 0.1) is 0 Å². The molecule has 5 heteroatoms. The molecule has 68 valence electrons. The second kappa shape index (κ2) is 11.4. The summed E-state index contributed by atoms with van der Waals surface area (Å²) in [5, 5.41) is 15.6. The molecule has 0 rings (SSSR count). The fourth-order valence-electron chi connectivity index (χ4n) is 0.143. The summed E-state index contributed by atoms with van der Waals surface area (Å²) in [6.45, 7) is 8.75. The van der Waals surface area contributed by atoms with Crippen molar-refractivity contribution >= 4 is 11.9 Å². The summed E-state index contributed by atoms with van der Waals surface area (Å²) >= 11 is 0. The van der Waals surface area contributed by atoms with Crippen LogP contribution in [0.3, 0.4) is 0 Å². The van der Waals surface area contributed by atoms with Crippen molar-refractivity contribution in [1.29, 1.82) is 0 Å². The molecule has 0 aliphatic rings. The van der Waals surface area contributed by atoms with E-state index < -0.39 is 11.9 Å². The Balaban J connectivity index is -0.000000173. The van der Waals surface area contributed by atoms with E-state index in [9.17, 15) is 9.59 Å². The molecule has 0 aliphatic heterocycles. The minimum atomic E-state index is -1.26. The number of allylic oxidation sites excluding steroid dienone is 1. The second-order valence-electron chi connectivity index (χ2n) is 2.09. The quantitative estimate of drug-likeness (QED) is 0.306. The van der Waals surface area contributed by atoms with Crippen LogP contribution in [-0.4, -0.2) is 22.2 Å². The van der Waals surface area contributed by atoms with Crippen LogP contribution < -0.4 is 29.6 Å². The maximum atomic E-state index is 9.55. The van der Waals surface area contributed by atoms with Crippen molar-refractivity contribution in [3.63, 3.8) is 0 Å². The van der Waals surface area contributed by atoms with Crippen molar-refractivity contribution in [2.75, 3.05) is 0 Å². The minimum Gasteiger partial charge on any atom is -0.515 e. The number of rotatable bonds is 2. The predicted molar refractivity (Wildman–Crippen MR) is 43.6 cm³/mol. The van der Waals surface area contributed by atoms with Gasteiger partial charge in [0.1, 0.15) is 0 Å². The van der Waals surface area contributed by atoms with Gasteiger partial charge >= 0.3 is 41.5 Å². The monoisotopic (exact) mass is 194 g/mol. The molecule has 0 heterocycles. The summed E-state index contributed by atoms with van der Waals surface area (Å²) in [6.07, 6.45) is 1.12. The smallest absolute Gasteiger partial charge is 0.515 e. The van der Waals surface area contributed by atoms with Gasteiger partial charge in [-0.05, 0) is 0 Å². The van der Waals surface area contributed by atoms with Crippen LogP contribution in [-0.2, 0) is 9.59 Å². The average molecular weight is 194 g/mol. The van der Waals surface area contributed by atoms with Crippen molar-refractivity contribution in [3.8, 4) is 0 Å². The van der Waals surface area contributed by atoms with Crippen LogP contribution in [0.5, 0.6) is 0 Å². The van der Waals surface area contributed by atoms with Gasteiger partial charge in [-0.15, -0.1) is 0 Å². The first kappa shape index (κ1) is 18.3. The van der Waals surface area contributed by atoms with E-state index >= 15 is 0 Å². The molecule has 13 heavy (non-hydrogen) atoms. The zero-order chi connectivity index (χ0) is 10.1. The van der Waals surface area contributed by atoms with Crippen LogP contribution >= 0.6 is 0 Å². The van der Waals surface area contributed by atoms with E-state index in [-0.39, 0.29) is 29.6 Å². The van der Waals surface area contributed by atoms with E-state index in [2.05, 4.69) is 0 Å². The number of carbonyl (C=O) groups is 2. The van der Waals surface area contributed by atoms with Crippen molar-refractivity contribution in [1.82, 2.24) is 0 Å². The Bertz CT molecular complexity index is 188. The number of carboxylic acid groups (broad SMARTS) is 2. The molecule has 0 atom stereocenters. The Hall–Kier alpha value is -0.580. The number of hydrogen-bond donors (Lipinski definition) is 2. The number of carboxylic acids is 2. The van der Waals surface area contributed by atoms with Crippen LogP contribution in [0.4, 0.5) is 0 Å². The Kier molecular flexibility index (Phi) is 16.0.